The predicted octanol–water partition coefficient (Wildman–Crippen LogP) is 7.09. The van der Waals surface area contributed by atoms with Crippen molar-refractivity contribution >= 4 is 40.1 Å². The Balaban J connectivity index is 0.000000236. The molecule has 4 nitrogen and oxygen atoms in total. The number of benzene rings is 3. The number of aromatic nitrogens is 1. The van der Waals surface area contributed by atoms with E-state index in [9.17, 15) is 4.79 Å². The van der Waals surface area contributed by atoms with Crippen LogP contribution in [0.4, 0.5) is 5.69 Å². The summed E-state index contributed by atoms with van der Waals surface area (Å²) < 4.78 is 5.05. The number of hydrogen-bond acceptors (Lipinski definition) is 4. The van der Waals surface area contributed by atoms with E-state index in [1.54, 1.807) is 43.6 Å². The van der Waals surface area contributed by atoms with Gasteiger partial charge in [-0.05, 0) is 66.2 Å². The van der Waals surface area contributed by atoms with Crippen LogP contribution in [-0.2, 0) is 0 Å². The molecule has 0 saturated carbocycles. The first kappa shape index (κ1) is 24.6. The Labute approximate surface area is 194 Å². The summed E-state index contributed by atoms with van der Waals surface area (Å²) in [4.78, 5) is 16.1. The second-order valence-corrected chi connectivity index (χ2v) is 6.87. The van der Waals surface area contributed by atoms with Crippen molar-refractivity contribution in [1.82, 2.24) is 4.98 Å². The summed E-state index contributed by atoms with van der Waals surface area (Å²) in [5.74, 6) is 0.682. The van der Waals surface area contributed by atoms with Crippen molar-refractivity contribution < 1.29 is 9.53 Å². The van der Waals surface area contributed by atoms with E-state index >= 15 is 0 Å². The van der Waals surface area contributed by atoms with Crippen LogP contribution in [0.5, 0.6) is 5.75 Å². The minimum atomic E-state index is -0.0509. The summed E-state index contributed by atoms with van der Waals surface area (Å²) >= 11 is 5.78. The summed E-state index contributed by atoms with van der Waals surface area (Å²) in [6, 6.07) is 24.0. The smallest absolute Gasteiger partial charge is 0.185 e. The highest BCUT2D eigenvalue weighted by Crippen LogP contribution is 2.16. The molecule has 3 aromatic carbocycles. The van der Waals surface area contributed by atoms with Crippen LogP contribution in [0.25, 0.3) is 17.0 Å². The zero-order chi connectivity index (χ0) is 23.3. The van der Waals surface area contributed by atoms with E-state index in [1.807, 2.05) is 68.4 Å². The molecule has 164 valence electrons. The van der Waals surface area contributed by atoms with Gasteiger partial charge in [0.2, 0.25) is 0 Å². The SMILES string of the molecule is CC.COc1ccc(C(=O)/C=C/c2cccc(N)c2)cc1.Clc1ccc2cccnc2c1. The molecular weight excluding hydrogens is 420 g/mol. The van der Waals surface area contributed by atoms with Gasteiger partial charge in [0.25, 0.3) is 0 Å². The van der Waals surface area contributed by atoms with E-state index in [-0.39, 0.29) is 5.78 Å². The number of rotatable bonds is 4. The number of fused-ring (bicyclic) bond motifs is 1. The van der Waals surface area contributed by atoms with Crippen LogP contribution >= 0.6 is 11.6 Å². The third-order valence-electron chi connectivity index (χ3n) is 4.28. The predicted molar refractivity (Wildman–Crippen MR) is 135 cm³/mol. The third-order valence-corrected chi connectivity index (χ3v) is 4.52. The number of carbonyl (C=O) groups is 1. The molecular formula is C27H27ClN2O2. The highest BCUT2D eigenvalue weighted by atomic mass is 35.5. The Morgan fingerprint density at radius 1 is 0.969 bits per heavy atom. The summed E-state index contributed by atoms with van der Waals surface area (Å²) in [6.07, 6.45) is 5.05. The number of nitrogens with zero attached hydrogens (tertiary/aromatic N) is 1. The van der Waals surface area contributed by atoms with Gasteiger partial charge in [0.05, 0.1) is 12.6 Å². The van der Waals surface area contributed by atoms with Crippen LogP contribution in [-0.4, -0.2) is 17.9 Å². The fraction of sp³-hybridized carbons (Fsp3) is 0.111. The van der Waals surface area contributed by atoms with E-state index in [0.29, 0.717) is 11.3 Å². The van der Waals surface area contributed by atoms with Crippen LogP contribution in [0.15, 0.2) is 91.1 Å². The van der Waals surface area contributed by atoms with Crippen molar-refractivity contribution in [2.24, 2.45) is 0 Å². The molecule has 0 fully saturated rings. The topological polar surface area (TPSA) is 65.2 Å². The second kappa shape index (κ2) is 12.9. The summed E-state index contributed by atoms with van der Waals surface area (Å²) in [5, 5.41) is 1.85. The number of nitrogens with two attached hydrogens (primary N) is 1. The first-order valence-corrected chi connectivity index (χ1v) is 10.7. The van der Waals surface area contributed by atoms with Gasteiger partial charge < -0.3 is 10.5 Å². The number of anilines is 1. The molecule has 1 heterocycles. The molecule has 0 aliphatic rings. The third kappa shape index (κ3) is 7.56. The van der Waals surface area contributed by atoms with Gasteiger partial charge in [-0.25, -0.2) is 0 Å². The molecule has 0 unspecified atom stereocenters. The summed E-state index contributed by atoms with van der Waals surface area (Å²) in [6.45, 7) is 4.00. The average Bonchev–Trinajstić information content (AvgIpc) is 2.84. The molecule has 0 aliphatic heterocycles. The number of ether oxygens (including phenoxy) is 1. The highest BCUT2D eigenvalue weighted by molar-refractivity contribution is 6.31. The monoisotopic (exact) mass is 446 g/mol. The molecule has 1 aromatic heterocycles. The number of halogens is 1. The van der Waals surface area contributed by atoms with E-state index in [1.165, 1.54) is 6.08 Å². The van der Waals surface area contributed by atoms with E-state index in [2.05, 4.69) is 4.98 Å². The Morgan fingerprint density at radius 3 is 2.41 bits per heavy atom. The zero-order valence-electron chi connectivity index (χ0n) is 18.5. The van der Waals surface area contributed by atoms with E-state index in [4.69, 9.17) is 22.1 Å². The van der Waals surface area contributed by atoms with Gasteiger partial charge in [-0.15, -0.1) is 0 Å². The second-order valence-electron chi connectivity index (χ2n) is 6.44. The number of pyridine rings is 1. The largest absolute Gasteiger partial charge is 0.497 e. The maximum atomic E-state index is 11.9. The molecule has 2 N–H and O–H groups in total. The van der Waals surface area contributed by atoms with Crippen LogP contribution < -0.4 is 10.5 Å². The standard InChI is InChI=1S/C16H15NO2.C9H6ClN.C2H6/c1-19-15-8-6-13(7-9-15)16(18)10-5-12-3-2-4-14(17)11-12;10-8-4-3-7-2-1-5-11-9(7)6-8;1-2/h2-11H,17H2,1H3;1-6H;1-2H3/b10-5+;;. The van der Waals surface area contributed by atoms with Gasteiger partial charge >= 0.3 is 0 Å². The molecule has 0 spiro atoms. The number of nitrogen functional groups attached to an aromatic ring is 1. The number of hydrogen-bond donors (Lipinski definition) is 1. The molecule has 0 radical (unpaired) electrons. The van der Waals surface area contributed by atoms with Crippen LogP contribution in [0.1, 0.15) is 29.8 Å². The van der Waals surface area contributed by atoms with Gasteiger partial charge in [0.1, 0.15) is 5.75 Å². The lowest BCUT2D eigenvalue weighted by atomic mass is 10.1. The van der Waals surface area contributed by atoms with Gasteiger partial charge in [-0.3, -0.25) is 9.78 Å². The summed E-state index contributed by atoms with van der Waals surface area (Å²) in [5.41, 5.74) is 8.83. The van der Waals surface area contributed by atoms with E-state index < -0.39 is 0 Å². The quantitative estimate of drug-likeness (QED) is 0.206. The minimum Gasteiger partial charge on any atom is -0.497 e. The Bertz CT molecular complexity index is 1170. The van der Waals surface area contributed by atoms with Crippen molar-refractivity contribution in [3.05, 3.63) is 107 Å². The van der Waals surface area contributed by atoms with Gasteiger partial charge in [-0.1, -0.05) is 55.8 Å². The van der Waals surface area contributed by atoms with Crippen molar-refractivity contribution in [2.75, 3.05) is 12.8 Å². The number of allylic oxidation sites excluding steroid dienone is 1. The first-order valence-electron chi connectivity index (χ1n) is 10.3. The highest BCUT2D eigenvalue weighted by Gasteiger charge is 2.01. The van der Waals surface area contributed by atoms with Gasteiger partial charge in [-0.2, -0.15) is 0 Å². The Kier molecular flexibility index (Phi) is 9.95. The minimum absolute atomic E-state index is 0.0509. The lowest BCUT2D eigenvalue weighted by Crippen LogP contribution is -1.94. The Hall–Kier alpha value is -3.63. The normalized spacial score (nSPS) is 10.0. The number of carbonyl (C=O) groups excluding carboxylic acids is 1. The molecule has 0 aliphatic carbocycles. The lowest BCUT2D eigenvalue weighted by Gasteiger charge is -2.00. The number of ketones is 1. The van der Waals surface area contributed by atoms with Crippen LogP contribution in [0.2, 0.25) is 5.02 Å². The Morgan fingerprint density at radius 2 is 1.72 bits per heavy atom. The molecule has 4 rings (SSSR count). The maximum absolute atomic E-state index is 11.9. The molecule has 5 heteroatoms. The molecule has 0 atom stereocenters. The average molecular weight is 447 g/mol. The molecule has 0 saturated heterocycles. The van der Waals surface area contributed by atoms with Crippen molar-refractivity contribution in [3.8, 4) is 5.75 Å². The number of methoxy groups -OCH3 is 1. The van der Waals surface area contributed by atoms with Gasteiger partial charge in [0.15, 0.2) is 5.78 Å². The maximum Gasteiger partial charge on any atom is 0.185 e. The van der Waals surface area contributed by atoms with Gasteiger partial charge in [0, 0.05) is 27.9 Å². The molecule has 32 heavy (non-hydrogen) atoms. The molecule has 4 aromatic rings. The zero-order valence-corrected chi connectivity index (χ0v) is 19.2. The fourth-order valence-electron chi connectivity index (χ4n) is 2.73. The van der Waals surface area contributed by atoms with Crippen LogP contribution in [0, 0.1) is 0 Å². The van der Waals surface area contributed by atoms with Crippen molar-refractivity contribution in [3.63, 3.8) is 0 Å². The summed E-state index contributed by atoms with van der Waals surface area (Å²) in [7, 11) is 1.59. The lowest BCUT2D eigenvalue weighted by molar-refractivity contribution is 0.104. The van der Waals surface area contributed by atoms with Crippen molar-refractivity contribution in [2.45, 2.75) is 13.8 Å². The van der Waals surface area contributed by atoms with E-state index in [0.717, 1.165) is 27.2 Å². The molecule has 0 amide bonds. The molecule has 0 bridgehead atoms. The fourth-order valence-corrected chi connectivity index (χ4v) is 2.89. The van der Waals surface area contributed by atoms with Crippen molar-refractivity contribution in [1.29, 1.82) is 0 Å². The van der Waals surface area contributed by atoms with Crippen LogP contribution in [0.3, 0.4) is 0 Å². The first-order chi connectivity index (χ1) is 15.5.